The summed E-state index contributed by atoms with van der Waals surface area (Å²) in [5.41, 5.74) is 3.35. The third-order valence-corrected chi connectivity index (χ3v) is 4.31. The molecule has 118 valence electrons. The summed E-state index contributed by atoms with van der Waals surface area (Å²) in [6, 6.07) is 8.24. The zero-order valence-electron chi connectivity index (χ0n) is 13.5. The van der Waals surface area contributed by atoms with E-state index in [2.05, 4.69) is 36.3 Å². The predicted octanol–water partition coefficient (Wildman–Crippen LogP) is 3.09. The molecule has 0 spiro atoms. The lowest BCUT2D eigenvalue weighted by Gasteiger charge is -2.12. The summed E-state index contributed by atoms with van der Waals surface area (Å²) in [7, 11) is 1.63. The van der Waals surface area contributed by atoms with Gasteiger partial charge in [0.1, 0.15) is 0 Å². The number of nitrogens with zero attached hydrogens (tertiary/aromatic N) is 1. The first-order chi connectivity index (χ1) is 10.5. The lowest BCUT2D eigenvalue weighted by molar-refractivity contribution is -0.119. The molecule has 0 saturated heterocycles. The number of amides is 1. The maximum atomic E-state index is 11.9. The van der Waals surface area contributed by atoms with Crippen molar-refractivity contribution in [3.63, 3.8) is 0 Å². The van der Waals surface area contributed by atoms with Gasteiger partial charge in [-0.25, -0.2) is 4.98 Å². The molecule has 1 atom stereocenters. The highest BCUT2D eigenvalue weighted by Crippen LogP contribution is 2.25. The van der Waals surface area contributed by atoms with Crippen molar-refractivity contribution in [1.82, 2.24) is 10.3 Å². The minimum atomic E-state index is -0.00103. The van der Waals surface area contributed by atoms with E-state index in [1.54, 1.807) is 7.11 Å². The third-order valence-electron chi connectivity index (χ3n) is 3.40. The molecule has 2 rings (SSSR count). The molecule has 1 unspecified atom stereocenters. The Labute approximate surface area is 135 Å². The smallest absolute Gasteiger partial charge is 0.230 e. The molecule has 0 aliphatic rings. The van der Waals surface area contributed by atoms with Gasteiger partial charge in [-0.3, -0.25) is 4.79 Å². The van der Waals surface area contributed by atoms with Gasteiger partial charge in [0.15, 0.2) is 0 Å². The Balaban J connectivity index is 2.06. The van der Waals surface area contributed by atoms with Crippen molar-refractivity contribution in [3.8, 4) is 0 Å². The number of carbonyl (C=O) groups excluding carboxylic acids is 1. The first-order valence-corrected chi connectivity index (χ1v) is 8.28. The number of fused-ring (bicyclic) bond motifs is 1. The third kappa shape index (κ3) is 4.21. The van der Waals surface area contributed by atoms with Crippen LogP contribution < -0.4 is 5.32 Å². The standard InChI is InChI=1S/C17H22N2O2S/c1-11-6-5-7-14-12(2)8-16(19-17(11)14)22-10-15(20)18-13(3)9-21-4/h5-8,13H,9-10H2,1-4H3,(H,18,20). The number of aromatic nitrogens is 1. The second-order valence-corrected chi connectivity index (χ2v) is 6.46. The molecule has 22 heavy (non-hydrogen) atoms. The van der Waals surface area contributed by atoms with Gasteiger partial charge in [-0.2, -0.15) is 0 Å². The predicted molar refractivity (Wildman–Crippen MR) is 91.4 cm³/mol. The van der Waals surface area contributed by atoms with Gasteiger partial charge in [-0.05, 0) is 38.0 Å². The minimum absolute atomic E-state index is 0.00103. The van der Waals surface area contributed by atoms with Crippen molar-refractivity contribution in [3.05, 3.63) is 35.4 Å². The summed E-state index contributed by atoms with van der Waals surface area (Å²) in [5, 5.41) is 4.95. The summed E-state index contributed by atoms with van der Waals surface area (Å²) in [4.78, 5) is 16.6. The largest absolute Gasteiger partial charge is 0.383 e. The Morgan fingerprint density at radius 1 is 1.36 bits per heavy atom. The van der Waals surface area contributed by atoms with Crippen LogP contribution in [0, 0.1) is 13.8 Å². The van der Waals surface area contributed by atoms with Crippen LogP contribution in [-0.2, 0) is 9.53 Å². The van der Waals surface area contributed by atoms with Crippen molar-refractivity contribution >= 4 is 28.6 Å². The van der Waals surface area contributed by atoms with Crippen molar-refractivity contribution in [2.45, 2.75) is 31.8 Å². The van der Waals surface area contributed by atoms with E-state index in [1.165, 1.54) is 22.7 Å². The van der Waals surface area contributed by atoms with Gasteiger partial charge >= 0.3 is 0 Å². The molecule has 2 aromatic rings. The van der Waals surface area contributed by atoms with Gasteiger partial charge in [0.25, 0.3) is 0 Å². The Bertz CT molecular complexity index is 673. The molecule has 1 heterocycles. The van der Waals surface area contributed by atoms with E-state index < -0.39 is 0 Å². The molecule has 1 amide bonds. The summed E-state index contributed by atoms with van der Waals surface area (Å²) >= 11 is 1.46. The average Bonchev–Trinajstić information content (AvgIpc) is 2.46. The average molecular weight is 318 g/mol. The molecule has 0 saturated carbocycles. The van der Waals surface area contributed by atoms with Crippen LogP contribution in [0.3, 0.4) is 0 Å². The molecular formula is C17H22N2O2S. The van der Waals surface area contributed by atoms with E-state index in [4.69, 9.17) is 4.74 Å². The van der Waals surface area contributed by atoms with Gasteiger partial charge in [0, 0.05) is 18.5 Å². The summed E-state index contributed by atoms with van der Waals surface area (Å²) in [5.74, 6) is 0.358. The number of thioether (sulfide) groups is 1. The van der Waals surface area contributed by atoms with Crippen LogP contribution in [0.25, 0.3) is 10.9 Å². The Hall–Kier alpha value is -1.59. The lowest BCUT2D eigenvalue weighted by Crippen LogP contribution is -2.36. The van der Waals surface area contributed by atoms with Crippen molar-refractivity contribution in [2.75, 3.05) is 19.5 Å². The maximum Gasteiger partial charge on any atom is 0.230 e. The quantitative estimate of drug-likeness (QED) is 0.832. The first-order valence-electron chi connectivity index (χ1n) is 7.29. The SMILES string of the molecule is COCC(C)NC(=O)CSc1cc(C)c2cccc(C)c2n1. The summed E-state index contributed by atoms with van der Waals surface area (Å²) in [6.07, 6.45) is 0. The summed E-state index contributed by atoms with van der Waals surface area (Å²) < 4.78 is 5.01. The molecule has 0 radical (unpaired) electrons. The van der Waals surface area contributed by atoms with Crippen LogP contribution in [0.15, 0.2) is 29.3 Å². The molecule has 1 aromatic heterocycles. The topological polar surface area (TPSA) is 51.2 Å². The molecule has 5 heteroatoms. The zero-order chi connectivity index (χ0) is 16.1. The molecule has 0 bridgehead atoms. The van der Waals surface area contributed by atoms with Gasteiger partial charge in [-0.15, -0.1) is 0 Å². The Kier molecular flexibility index (Phi) is 5.80. The number of para-hydroxylation sites is 1. The summed E-state index contributed by atoms with van der Waals surface area (Å²) in [6.45, 7) is 6.58. The number of aryl methyl sites for hydroxylation is 2. The molecule has 0 fully saturated rings. The van der Waals surface area contributed by atoms with Gasteiger partial charge in [0.2, 0.25) is 5.91 Å². The lowest BCUT2D eigenvalue weighted by atomic mass is 10.1. The van der Waals surface area contributed by atoms with E-state index in [0.717, 1.165) is 16.1 Å². The first kappa shape index (κ1) is 16.8. The van der Waals surface area contributed by atoms with Gasteiger partial charge in [-0.1, -0.05) is 30.0 Å². The van der Waals surface area contributed by atoms with E-state index in [9.17, 15) is 4.79 Å². The normalized spacial score (nSPS) is 12.4. The second-order valence-electron chi connectivity index (χ2n) is 5.46. The van der Waals surface area contributed by atoms with Crippen molar-refractivity contribution in [1.29, 1.82) is 0 Å². The number of rotatable bonds is 6. The van der Waals surface area contributed by atoms with E-state index in [0.29, 0.717) is 12.4 Å². The van der Waals surface area contributed by atoms with Crippen LogP contribution in [0.5, 0.6) is 0 Å². The van der Waals surface area contributed by atoms with Crippen LogP contribution in [-0.4, -0.2) is 36.4 Å². The molecule has 0 aliphatic heterocycles. The number of hydrogen-bond acceptors (Lipinski definition) is 4. The maximum absolute atomic E-state index is 11.9. The zero-order valence-corrected chi connectivity index (χ0v) is 14.3. The fourth-order valence-corrected chi connectivity index (χ4v) is 3.13. The number of carbonyl (C=O) groups is 1. The number of benzene rings is 1. The fourth-order valence-electron chi connectivity index (χ4n) is 2.35. The van der Waals surface area contributed by atoms with Crippen molar-refractivity contribution in [2.24, 2.45) is 0 Å². The van der Waals surface area contributed by atoms with Gasteiger partial charge in [0.05, 0.1) is 22.9 Å². The Morgan fingerprint density at radius 3 is 2.86 bits per heavy atom. The number of pyridine rings is 1. The second kappa shape index (κ2) is 7.61. The number of nitrogens with one attached hydrogen (secondary N) is 1. The molecule has 0 aliphatic carbocycles. The van der Waals surface area contributed by atoms with E-state index in [-0.39, 0.29) is 11.9 Å². The monoisotopic (exact) mass is 318 g/mol. The number of ether oxygens (including phenoxy) is 1. The number of methoxy groups -OCH3 is 1. The molecule has 1 N–H and O–H groups in total. The van der Waals surface area contributed by atoms with Crippen LogP contribution in [0.2, 0.25) is 0 Å². The van der Waals surface area contributed by atoms with E-state index in [1.807, 2.05) is 19.1 Å². The highest BCUT2D eigenvalue weighted by molar-refractivity contribution is 7.99. The van der Waals surface area contributed by atoms with Crippen LogP contribution in [0.4, 0.5) is 0 Å². The highest BCUT2D eigenvalue weighted by Gasteiger charge is 2.10. The molecule has 4 nitrogen and oxygen atoms in total. The van der Waals surface area contributed by atoms with Crippen molar-refractivity contribution < 1.29 is 9.53 Å². The fraction of sp³-hybridized carbons (Fsp3) is 0.412. The molecular weight excluding hydrogens is 296 g/mol. The van der Waals surface area contributed by atoms with Crippen LogP contribution >= 0.6 is 11.8 Å². The Morgan fingerprint density at radius 2 is 2.14 bits per heavy atom. The van der Waals surface area contributed by atoms with Gasteiger partial charge < -0.3 is 10.1 Å². The van der Waals surface area contributed by atoms with Crippen LogP contribution in [0.1, 0.15) is 18.1 Å². The number of hydrogen-bond donors (Lipinski definition) is 1. The minimum Gasteiger partial charge on any atom is -0.383 e. The highest BCUT2D eigenvalue weighted by atomic mass is 32.2. The molecule has 1 aromatic carbocycles. The van der Waals surface area contributed by atoms with E-state index >= 15 is 0 Å².